The number of anilines is 1. The Kier molecular flexibility index (Phi) is 3.99. The van der Waals surface area contributed by atoms with Gasteiger partial charge in [-0.2, -0.15) is 0 Å². The van der Waals surface area contributed by atoms with E-state index < -0.39 is 24.1 Å². The number of benzene rings is 1. The van der Waals surface area contributed by atoms with Crippen molar-refractivity contribution in [1.29, 1.82) is 0 Å². The molecule has 1 aliphatic heterocycles. The van der Waals surface area contributed by atoms with Crippen LogP contribution in [0.5, 0.6) is 0 Å². The summed E-state index contributed by atoms with van der Waals surface area (Å²) in [6, 6.07) is 5.05. The predicted octanol–water partition coefficient (Wildman–Crippen LogP) is 1.07. The standard InChI is InChI=1S/C13H16ClNO4/c1-7(13(18)19)8-2-3-10(9(14)4-8)15-5-11(16)12(17)6-15/h2-4,7,11-12,16-17H,5-6H2,1H3,(H,18,19). The number of carboxylic acid groups (broad SMARTS) is 1. The molecule has 0 aromatic heterocycles. The van der Waals surface area contributed by atoms with Crippen LogP contribution < -0.4 is 4.90 Å². The second kappa shape index (κ2) is 5.36. The molecule has 1 saturated heterocycles. The van der Waals surface area contributed by atoms with Crippen LogP contribution in [-0.2, 0) is 4.79 Å². The fourth-order valence-corrected chi connectivity index (χ4v) is 2.47. The van der Waals surface area contributed by atoms with E-state index in [0.29, 0.717) is 29.4 Å². The summed E-state index contributed by atoms with van der Waals surface area (Å²) in [5.41, 5.74) is 1.32. The molecule has 0 amide bonds. The van der Waals surface area contributed by atoms with Crippen molar-refractivity contribution in [2.75, 3.05) is 18.0 Å². The Bertz CT molecular complexity index is 484. The summed E-state index contributed by atoms with van der Waals surface area (Å²) in [6.07, 6.45) is -1.57. The van der Waals surface area contributed by atoms with Gasteiger partial charge in [-0.25, -0.2) is 0 Å². The molecule has 2 rings (SSSR count). The van der Waals surface area contributed by atoms with Gasteiger partial charge in [0, 0.05) is 13.1 Å². The normalized spacial score (nSPS) is 24.5. The topological polar surface area (TPSA) is 81.0 Å². The molecule has 0 bridgehead atoms. The summed E-state index contributed by atoms with van der Waals surface area (Å²) in [7, 11) is 0. The molecule has 3 unspecified atom stereocenters. The van der Waals surface area contributed by atoms with E-state index in [2.05, 4.69) is 0 Å². The van der Waals surface area contributed by atoms with Crippen LogP contribution in [0.15, 0.2) is 18.2 Å². The van der Waals surface area contributed by atoms with E-state index >= 15 is 0 Å². The van der Waals surface area contributed by atoms with Gasteiger partial charge in [-0.05, 0) is 24.6 Å². The third-order valence-corrected chi connectivity index (χ3v) is 3.74. The molecule has 5 nitrogen and oxygen atoms in total. The molecule has 0 saturated carbocycles. The lowest BCUT2D eigenvalue weighted by Gasteiger charge is -2.20. The maximum Gasteiger partial charge on any atom is 0.310 e. The molecule has 1 aromatic carbocycles. The van der Waals surface area contributed by atoms with Crippen LogP contribution in [0.3, 0.4) is 0 Å². The van der Waals surface area contributed by atoms with Crippen molar-refractivity contribution >= 4 is 23.3 Å². The van der Waals surface area contributed by atoms with Crippen LogP contribution in [0.1, 0.15) is 18.4 Å². The molecule has 0 aliphatic carbocycles. The zero-order chi connectivity index (χ0) is 14.2. The predicted molar refractivity (Wildman–Crippen MR) is 71.7 cm³/mol. The van der Waals surface area contributed by atoms with Gasteiger partial charge in [-0.1, -0.05) is 17.7 Å². The highest BCUT2D eigenvalue weighted by Gasteiger charge is 2.30. The number of aliphatic carboxylic acids is 1. The zero-order valence-electron chi connectivity index (χ0n) is 10.5. The molecule has 19 heavy (non-hydrogen) atoms. The van der Waals surface area contributed by atoms with Crippen molar-refractivity contribution in [3.8, 4) is 0 Å². The number of nitrogens with zero attached hydrogens (tertiary/aromatic N) is 1. The number of carbonyl (C=O) groups is 1. The van der Waals surface area contributed by atoms with Crippen molar-refractivity contribution in [3.63, 3.8) is 0 Å². The van der Waals surface area contributed by atoms with Crippen LogP contribution in [0.25, 0.3) is 0 Å². The van der Waals surface area contributed by atoms with E-state index in [1.807, 2.05) is 0 Å². The summed E-state index contributed by atoms with van der Waals surface area (Å²) in [6.45, 7) is 2.22. The average molecular weight is 286 g/mol. The van der Waals surface area contributed by atoms with Gasteiger partial charge in [-0.15, -0.1) is 0 Å². The van der Waals surface area contributed by atoms with Gasteiger partial charge >= 0.3 is 5.97 Å². The van der Waals surface area contributed by atoms with Gasteiger partial charge in [-0.3, -0.25) is 4.79 Å². The molecule has 0 spiro atoms. The fraction of sp³-hybridized carbons (Fsp3) is 0.462. The maximum atomic E-state index is 10.9. The highest BCUT2D eigenvalue weighted by atomic mass is 35.5. The number of aliphatic hydroxyl groups is 2. The van der Waals surface area contributed by atoms with E-state index in [0.717, 1.165) is 0 Å². The van der Waals surface area contributed by atoms with Gasteiger partial charge < -0.3 is 20.2 Å². The third-order valence-electron chi connectivity index (χ3n) is 3.44. The second-order valence-corrected chi connectivity index (χ2v) is 5.22. The Morgan fingerprint density at radius 1 is 1.37 bits per heavy atom. The van der Waals surface area contributed by atoms with Crippen LogP contribution in [-0.4, -0.2) is 46.6 Å². The van der Waals surface area contributed by atoms with Crippen LogP contribution in [0.4, 0.5) is 5.69 Å². The minimum absolute atomic E-state index is 0.314. The van der Waals surface area contributed by atoms with Gasteiger partial charge in [0.25, 0.3) is 0 Å². The molecule has 104 valence electrons. The fourth-order valence-electron chi connectivity index (χ4n) is 2.16. The number of aliphatic hydroxyl groups excluding tert-OH is 2. The van der Waals surface area contributed by atoms with E-state index in [1.165, 1.54) is 0 Å². The molecule has 1 aromatic rings. The van der Waals surface area contributed by atoms with Crippen molar-refractivity contribution < 1.29 is 20.1 Å². The number of rotatable bonds is 3. The van der Waals surface area contributed by atoms with Crippen LogP contribution >= 0.6 is 11.6 Å². The highest BCUT2D eigenvalue weighted by molar-refractivity contribution is 6.33. The first-order valence-corrected chi connectivity index (χ1v) is 6.41. The molecular formula is C13H16ClNO4. The van der Waals surface area contributed by atoms with E-state index in [-0.39, 0.29) is 0 Å². The van der Waals surface area contributed by atoms with Crippen LogP contribution in [0.2, 0.25) is 5.02 Å². The molecule has 6 heteroatoms. The van der Waals surface area contributed by atoms with E-state index in [9.17, 15) is 15.0 Å². The van der Waals surface area contributed by atoms with Crippen molar-refractivity contribution in [3.05, 3.63) is 28.8 Å². The first-order chi connectivity index (χ1) is 8.90. The minimum Gasteiger partial charge on any atom is -0.481 e. The number of carboxylic acids is 1. The van der Waals surface area contributed by atoms with Gasteiger partial charge in [0.05, 0.1) is 28.8 Å². The third kappa shape index (κ3) is 2.83. The molecule has 1 aliphatic rings. The smallest absolute Gasteiger partial charge is 0.310 e. The zero-order valence-corrected chi connectivity index (χ0v) is 11.2. The number of β-amino-alcohol motifs (C(OH)–C–C–N with tert-alkyl or cyclic N) is 2. The maximum absolute atomic E-state index is 10.9. The molecule has 0 radical (unpaired) electrons. The Hall–Kier alpha value is -1.30. The minimum atomic E-state index is -0.907. The molecule has 1 fully saturated rings. The summed E-state index contributed by atoms with van der Waals surface area (Å²) >= 11 is 6.16. The highest BCUT2D eigenvalue weighted by Crippen LogP contribution is 2.31. The van der Waals surface area contributed by atoms with Crippen molar-refractivity contribution in [2.45, 2.75) is 25.0 Å². The second-order valence-electron chi connectivity index (χ2n) is 4.81. The van der Waals surface area contributed by atoms with Crippen LogP contribution in [0, 0.1) is 0 Å². The number of hydrogen-bond donors (Lipinski definition) is 3. The Morgan fingerprint density at radius 3 is 2.42 bits per heavy atom. The first-order valence-electron chi connectivity index (χ1n) is 6.03. The lowest BCUT2D eigenvalue weighted by Crippen LogP contribution is -2.22. The Labute approximate surface area is 116 Å². The first kappa shape index (κ1) is 14.1. The lowest BCUT2D eigenvalue weighted by molar-refractivity contribution is -0.138. The average Bonchev–Trinajstić information content (AvgIpc) is 2.68. The summed E-state index contributed by atoms with van der Waals surface area (Å²) in [5.74, 6) is -1.53. The Balaban J connectivity index is 2.23. The number of halogens is 1. The molecule has 3 atom stereocenters. The quantitative estimate of drug-likeness (QED) is 0.774. The Morgan fingerprint density at radius 2 is 1.95 bits per heavy atom. The van der Waals surface area contributed by atoms with E-state index in [1.54, 1.807) is 30.0 Å². The summed E-state index contributed by atoms with van der Waals surface area (Å²) in [5, 5.41) is 28.4. The lowest BCUT2D eigenvalue weighted by atomic mass is 10.0. The van der Waals surface area contributed by atoms with Gasteiger partial charge in [0.15, 0.2) is 0 Å². The largest absolute Gasteiger partial charge is 0.481 e. The molecule has 3 N–H and O–H groups in total. The molecule has 1 heterocycles. The van der Waals surface area contributed by atoms with Gasteiger partial charge in [0.2, 0.25) is 0 Å². The van der Waals surface area contributed by atoms with Gasteiger partial charge in [0.1, 0.15) is 0 Å². The SMILES string of the molecule is CC(C(=O)O)c1ccc(N2CC(O)C(O)C2)c(Cl)c1. The van der Waals surface area contributed by atoms with Crippen molar-refractivity contribution in [1.82, 2.24) is 0 Å². The summed E-state index contributed by atoms with van der Waals surface area (Å²) < 4.78 is 0. The molecular weight excluding hydrogens is 270 g/mol. The van der Waals surface area contributed by atoms with Crippen molar-refractivity contribution in [2.24, 2.45) is 0 Å². The number of hydrogen-bond acceptors (Lipinski definition) is 4. The summed E-state index contributed by atoms with van der Waals surface area (Å²) in [4.78, 5) is 12.7. The van der Waals surface area contributed by atoms with E-state index in [4.69, 9.17) is 16.7 Å². The monoisotopic (exact) mass is 285 g/mol.